The largest absolute Gasteiger partial charge is 0.455 e. The summed E-state index contributed by atoms with van der Waals surface area (Å²) in [6.45, 7) is 0. The summed E-state index contributed by atoms with van der Waals surface area (Å²) in [4.78, 5) is 27.2. The number of fused-ring (bicyclic) bond motifs is 2. The number of nitrogens with one attached hydrogen (secondary N) is 1. The first-order valence-electron chi connectivity index (χ1n) is 13.7. The minimum atomic E-state index is -4.90. The molecule has 10 heteroatoms. The van der Waals surface area contributed by atoms with Gasteiger partial charge in [-0.15, -0.1) is 10.2 Å². The first-order chi connectivity index (χ1) is 20.3. The van der Waals surface area contributed by atoms with E-state index in [4.69, 9.17) is 4.74 Å². The van der Waals surface area contributed by atoms with Crippen LogP contribution in [0.15, 0.2) is 100 Å². The molecule has 4 aromatic carbocycles. The molecule has 0 aliphatic heterocycles. The minimum absolute atomic E-state index is 0.0134. The summed E-state index contributed by atoms with van der Waals surface area (Å²) in [5.41, 5.74) is 0.127. The number of carbonyl (C=O) groups excluding carboxylic acids is 2. The number of benzene rings is 4. The van der Waals surface area contributed by atoms with Crippen LogP contribution in [0.2, 0.25) is 0 Å². The molecule has 0 heterocycles. The van der Waals surface area contributed by atoms with Crippen LogP contribution in [0.3, 0.4) is 0 Å². The first kappa shape index (κ1) is 27.5. The van der Waals surface area contributed by atoms with E-state index in [-0.39, 0.29) is 39.7 Å². The normalized spacial score (nSPS) is 15.4. The number of para-hydroxylation sites is 2. The van der Waals surface area contributed by atoms with Crippen LogP contribution in [-0.4, -0.2) is 30.6 Å². The lowest BCUT2D eigenvalue weighted by Crippen LogP contribution is -2.27. The van der Waals surface area contributed by atoms with Crippen LogP contribution >= 0.6 is 0 Å². The van der Waals surface area contributed by atoms with Crippen molar-refractivity contribution in [2.24, 2.45) is 10.2 Å². The van der Waals surface area contributed by atoms with E-state index in [0.29, 0.717) is 11.5 Å². The van der Waals surface area contributed by atoms with Crippen molar-refractivity contribution in [3.05, 3.63) is 107 Å². The standard InChI is InChI=1S/C32H27N3O6S/c36-31-22-15-7-8-16-23(22)32(37)29-28(31)25(33-20-11-3-1-4-12-20)19-27(42(38,39)40)30(29)35-34-24-17-9-10-18-26(24)41-21-13-5-2-6-14-21/h2,5-10,13-20,33H,1,3-4,11-12H2,(H,38,39,40)/b35-34+. The third-order valence-corrected chi connectivity index (χ3v) is 8.34. The highest BCUT2D eigenvalue weighted by atomic mass is 32.2. The molecule has 2 N–H and O–H groups in total. The number of carbonyl (C=O) groups is 2. The molecule has 0 unspecified atom stereocenters. The monoisotopic (exact) mass is 581 g/mol. The number of anilines is 1. The number of rotatable bonds is 7. The predicted octanol–water partition coefficient (Wildman–Crippen LogP) is 7.66. The van der Waals surface area contributed by atoms with E-state index in [1.54, 1.807) is 54.6 Å². The average molecular weight is 582 g/mol. The van der Waals surface area contributed by atoms with Gasteiger partial charge in [0, 0.05) is 22.9 Å². The Balaban J connectivity index is 1.53. The van der Waals surface area contributed by atoms with E-state index in [1.165, 1.54) is 12.1 Å². The van der Waals surface area contributed by atoms with Crippen LogP contribution in [0.5, 0.6) is 11.5 Å². The van der Waals surface area contributed by atoms with Crippen molar-refractivity contribution < 1.29 is 27.3 Å². The third kappa shape index (κ3) is 5.34. The second-order valence-corrected chi connectivity index (χ2v) is 11.7. The van der Waals surface area contributed by atoms with Gasteiger partial charge in [0.15, 0.2) is 17.3 Å². The zero-order valence-electron chi connectivity index (χ0n) is 22.5. The summed E-state index contributed by atoms with van der Waals surface area (Å²) < 4.78 is 41.7. The lowest BCUT2D eigenvalue weighted by Gasteiger charge is -2.28. The smallest absolute Gasteiger partial charge is 0.296 e. The highest BCUT2D eigenvalue weighted by Gasteiger charge is 2.38. The van der Waals surface area contributed by atoms with E-state index < -0.39 is 32.3 Å². The van der Waals surface area contributed by atoms with E-state index in [0.717, 1.165) is 32.1 Å². The topological polar surface area (TPSA) is 134 Å². The molecule has 0 spiro atoms. The molecular weight excluding hydrogens is 554 g/mol. The van der Waals surface area contributed by atoms with Crippen LogP contribution in [-0.2, 0) is 10.1 Å². The summed E-state index contributed by atoms with van der Waals surface area (Å²) in [5.74, 6) is -0.144. The fraction of sp³-hybridized carbons (Fsp3) is 0.188. The van der Waals surface area contributed by atoms with Gasteiger partial charge in [0.05, 0.1) is 11.1 Å². The number of nitrogens with zero attached hydrogens (tertiary/aromatic N) is 2. The van der Waals surface area contributed by atoms with E-state index in [2.05, 4.69) is 15.5 Å². The van der Waals surface area contributed by atoms with Gasteiger partial charge in [-0.3, -0.25) is 14.1 Å². The summed E-state index contributed by atoms with van der Waals surface area (Å²) >= 11 is 0. The summed E-state index contributed by atoms with van der Waals surface area (Å²) in [7, 11) is -4.90. The third-order valence-electron chi connectivity index (χ3n) is 7.47. The molecule has 1 saturated carbocycles. The van der Waals surface area contributed by atoms with E-state index in [9.17, 15) is 22.6 Å². The average Bonchev–Trinajstić information content (AvgIpc) is 3.00. The molecular formula is C32H27N3O6S. The van der Waals surface area contributed by atoms with Crippen LogP contribution in [0.4, 0.5) is 17.1 Å². The lowest BCUT2D eigenvalue weighted by molar-refractivity contribution is 0.0980. The Kier molecular flexibility index (Phi) is 7.40. The Labute approximate surface area is 243 Å². The maximum atomic E-state index is 13.9. The van der Waals surface area contributed by atoms with Crippen LogP contribution in [0, 0.1) is 0 Å². The van der Waals surface area contributed by atoms with Gasteiger partial charge in [0.25, 0.3) is 10.1 Å². The van der Waals surface area contributed by atoms with Gasteiger partial charge < -0.3 is 10.1 Å². The molecule has 2 aliphatic rings. The van der Waals surface area contributed by atoms with Gasteiger partial charge in [-0.1, -0.05) is 73.9 Å². The summed E-state index contributed by atoms with van der Waals surface area (Å²) in [5, 5.41) is 11.8. The second kappa shape index (κ2) is 11.3. The van der Waals surface area contributed by atoms with Gasteiger partial charge in [-0.2, -0.15) is 8.42 Å². The molecule has 2 aliphatic carbocycles. The molecule has 0 atom stereocenters. The maximum absolute atomic E-state index is 13.9. The van der Waals surface area contributed by atoms with Crippen molar-refractivity contribution in [1.29, 1.82) is 0 Å². The van der Waals surface area contributed by atoms with Gasteiger partial charge >= 0.3 is 0 Å². The Morgan fingerprint density at radius 1 is 0.762 bits per heavy atom. The quantitative estimate of drug-likeness (QED) is 0.149. The second-order valence-electron chi connectivity index (χ2n) is 10.3. The van der Waals surface area contributed by atoms with Crippen molar-refractivity contribution in [3.63, 3.8) is 0 Å². The Bertz CT molecular complexity index is 1830. The Morgan fingerprint density at radius 3 is 2.07 bits per heavy atom. The summed E-state index contributed by atoms with van der Waals surface area (Å²) in [6, 6.07) is 23.3. The van der Waals surface area contributed by atoms with Crippen molar-refractivity contribution in [1.82, 2.24) is 0 Å². The van der Waals surface area contributed by atoms with Crippen molar-refractivity contribution in [2.45, 2.75) is 43.0 Å². The van der Waals surface area contributed by atoms with Crippen LogP contribution < -0.4 is 10.1 Å². The molecule has 0 aromatic heterocycles. The van der Waals surface area contributed by atoms with Gasteiger partial charge in [0.2, 0.25) is 0 Å². The zero-order valence-corrected chi connectivity index (χ0v) is 23.3. The number of ether oxygens (including phenoxy) is 1. The molecule has 0 saturated heterocycles. The number of ketones is 2. The highest BCUT2D eigenvalue weighted by Crippen LogP contribution is 2.44. The number of hydrogen-bond acceptors (Lipinski definition) is 8. The molecule has 9 nitrogen and oxygen atoms in total. The van der Waals surface area contributed by atoms with E-state index in [1.807, 2.05) is 18.2 Å². The molecule has 212 valence electrons. The predicted molar refractivity (Wildman–Crippen MR) is 157 cm³/mol. The van der Waals surface area contributed by atoms with Crippen LogP contribution in [0.1, 0.15) is 63.9 Å². The van der Waals surface area contributed by atoms with Gasteiger partial charge in [0.1, 0.15) is 22.0 Å². The first-order valence-corrected chi connectivity index (χ1v) is 15.1. The fourth-order valence-corrected chi connectivity index (χ4v) is 6.13. The van der Waals surface area contributed by atoms with Crippen LogP contribution in [0.25, 0.3) is 0 Å². The molecule has 42 heavy (non-hydrogen) atoms. The minimum Gasteiger partial charge on any atom is -0.455 e. The molecule has 6 rings (SSSR count). The zero-order chi connectivity index (χ0) is 29.3. The van der Waals surface area contributed by atoms with E-state index >= 15 is 0 Å². The fourth-order valence-electron chi connectivity index (χ4n) is 5.48. The van der Waals surface area contributed by atoms with Crippen molar-refractivity contribution in [2.75, 3.05) is 5.32 Å². The molecule has 0 amide bonds. The molecule has 4 aromatic rings. The Morgan fingerprint density at radius 2 is 1.38 bits per heavy atom. The SMILES string of the molecule is O=C1c2ccccc2C(=O)c2c(/N=N/c3ccccc3Oc3ccccc3)c(S(=O)(=O)O)cc(NC3CCCCC3)c21. The van der Waals surface area contributed by atoms with Crippen molar-refractivity contribution >= 4 is 38.7 Å². The number of hydrogen-bond donors (Lipinski definition) is 2. The lowest BCUT2D eigenvalue weighted by atomic mass is 9.82. The molecule has 1 fully saturated rings. The molecule has 0 radical (unpaired) electrons. The van der Waals surface area contributed by atoms with Crippen molar-refractivity contribution in [3.8, 4) is 11.5 Å². The summed E-state index contributed by atoms with van der Waals surface area (Å²) in [6.07, 6.45) is 4.71. The van der Waals surface area contributed by atoms with Gasteiger partial charge in [-0.05, 0) is 43.2 Å². The van der Waals surface area contributed by atoms with Gasteiger partial charge in [-0.25, -0.2) is 0 Å². The maximum Gasteiger partial charge on any atom is 0.296 e. The molecule has 0 bridgehead atoms. The highest BCUT2D eigenvalue weighted by molar-refractivity contribution is 7.86. The number of azo groups is 1. The Hall–Kier alpha value is -4.67.